The Morgan fingerprint density at radius 3 is 2.83 bits per heavy atom. The number of piperazine rings is 1. The highest BCUT2D eigenvalue weighted by atomic mass is 16.5. The lowest BCUT2D eigenvalue weighted by Gasteiger charge is -2.36. The average Bonchev–Trinajstić information content (AvgIpc) is 2.99. The maximum absolute atomic E-state index is 12.3. The number of rotatable bonds is 4. The van der Waals surface area contributed by atoms with Crippen LogP contribution in [0.4, 0.5) is 4.79 Å². The van der Waals surface area contributed by atoms with Gasteiger partial charge >= 0.3 is 6.03 Å². The van der Waals surface area contributed by atoms with Crippen LogP contribution in [0.5, 0.6) is 0 Å². The first-order valence-electron chi connectivity index (χ1n) is 8.06. The zero-order chi connectivity index (χ0) is 16.2. The van der Waals surface area contributed by atoms with E-state index in [1.54, 1.807) is 12.0 Å². The lowest BCUT2D eigenvalue weighted by atomic mass is 10.1. The molecular formula is C17H23N3O3. The van der Waals surface area contributed by atoms with Crippen LogP contribution < -0.4 is 5.32 Å². The molecule has 23 heavy (non-hydrogen) atoms. The molecule has 2 heterocycles. The summed E-state index contributed by atoms with van der Waals surface area (Å²) in [6.45, 7) is 1.96. The van der Waals surface area contributed by atoms with Crippen molar-refractivity contribution in [2.24, 2.45) is 0 Å². The highest BCUT2D eigenvalue weighted by Gasteiger charge is 2.41. The van der Waals surface area contributed by atoms with Gasteiger partial charge in [-0.1, -0.05) is 30.3 Å². The lowest BCUT2D eigenvalue weighted by Crippen LogP contribution is -2.57. The van der Waals surface area contributed by atoms with Crippen molar-refractivity contribution in [2.45, 2.75) is 25.0 Å². The SMILES string of the molecule is CO[C@H]1C[C@H]2CN(C(=O)NCCc3ccccc3)CC(=O)N2C1. The number of amides is 3. The van der Waals surface area contributed by atoms with Crippen molar-refractivity contribution in [1.29, 1.82) is 0 Å². The quantitative estimate of drug-likeness (QED) is 0.896. The molecule has 6 nitrogen and oxygen atoms in total. The number of carbonyl (C=O) groups is 2. The number of nitrogens with zero attached hydrogens (tertiary/aromatic N) is 2. The van der Waals surface area contributed by atoms with Crippen LogP contribution in [0.2, 0.25) is 0 Å². The third kappa shape index (κ3) is 3.64. The number of carbonyl (C=O) groups excluding carboxylic acids is 2. The maximum atomic E-state index is 12.3. The minimum absolute atomic E-state index is 0.0130. The molecule has 0 saturated carbocycles. The molecule has 0 unspecified atom stereocenters. The molecule has 3 rings (SSSR count). The van der Waals surface area contributed by atoms with Gasteiger partial charge in [-0.2, -0.15) is 0 Å². The second kappa shape index (κ2) is 7.00. The molecule has 2 atom stereocenters. The van der Waals surface area contributed by atoms with Crippen molar-refractivity contribution in [3.63, 3.8) is 0 Å². The van der Waals surface area contributed by atoms with Crippen LogP contribution in [0.15, 0.2) is 30.3 Å². The van der Waals surface area contributed by atoms with Crippen LogP contribution in [0.25, 0.3) is 0 Å². The number of benzene rings is 1. The molecule has 2 fully saturated rings. The van der Waals surface area contributed by atoms with E-state index in [1.807, 2.05) is 35.2 Å². The van der Waals surface area contributed by atoms with E-state index >= 15 is 0 Å². The van der Waals surface area contributed by atoms with Gasteiger partial charge in [0.25, 0.3) is 0 Å². The number of ether oxygens (including phenoxy) is 1. The minimum Gasteiger partial charge on any atom is -0.380 e. The van der Waals surface area contributed by atoms with Gasteiger partial charge in [0.1, 0.15) is 6.54 Å². The second-order valence-electron chi connectivity index (χ2n) is 6.14. The maximum Gasteiger partial charge on any atom is 0.317 e. The van der Waals surface area contributed by atoms with Gasteiger partial charge in [0.15, 0.2) is 0 Å². The summed E-state index contributed by atoms with van der Waals surface area (Å²) in [5.74, 6) is 0.0130. The fraction of sp³-hybridized carbons (Fsp3) is 0.529. The summed E-state index contributed by atoms with van der Waals surface area (Å²) in [7, 11) is 1.67. The summed E-state index contributed by atoms with van der Waals surface area (Å²) in [5, 5.41) is 2.91. The van der Waals surface area contributed by atoms with Crippen molar-refractivity contribution in [2.75, 3.05) is 33.3 Å². The number of hydrogen-bond acceptors (Lipinski definition) is 3. The third-order valence-electron chi connectivity index (χ3n) is 4.61. The van der Waals surface area contributed by atoms with E-state index in [4.69, 9.17) is 4.74 Å². The largest absolute Gasteiger partial charge is 0.380 e. The van der Waals surface area contributed by atoms with Crippen molar-refractivity contribution in [1.82, 2.24) is 15.1 Å². The average molecular weight is 317 g/mol. The van der Waals surface area contributed by atoms with E-state index < -0.39 is 0 Å². The molecule has 2 aliphatic rings. The van der Waals surface area contributed by atoms with E-state index in [9.17, 15) is 9.59 Å². The molecule has 1 N–H and O–H groups in total. The second-order valence-corrected chi connectivity index (χ2v) is 6.14. The number of fused-ring (bicyclic) bond motifs is 1. The Balaban J connectivity index is 1.49. The summed E-state index contributed by atoms with van der Waals surface area (Å²) in [6.07, 6.45) is 1.68. The molecule has 1 aromatic rings. The Kier molecular flexibility index (Phi) is 4.81. The fourth-order valence-corrected chi connectivity index (χ4v) is 3.32. The van der Waals surface area contributed by atoms with Crippen LogP contribution in [-0.2, 0) is 16.0 Å². The molecule has 3 amide bonds. The number of urea groups is 1. The molecule has 2 saturated heterocycles. The van der Waals surface area contributed by atoms with E-state index in [0.717, 1.165) is 12.8 Å². The molecule has 0 aromatic heterocycles. The summed E-state index contributed by atoms with van der Waals surface area (Å²) in [6, 6.07) is 9.96. The molecule has 0 bridgehead atoms. The van der Waals surface area contributed by atoms with Gasteiger partial charge in [0.05, 0.1) is 12.1 Å². The Labute approximate surface area is 136 Å². The Bertz CT molecular complexity index is 563. The lowest BCUT2D eigenvalue weighted by molar-refractivity contribution is -0.136. The topological polar surface area (TPSA) is 61.9 Å². The van der Waals surface area contributed by atoms with Crippen LogP contribution >= 0.6 is 0 Å². The normalized spacial score (nSPS) is 23.8. The van der Waals surface area contributed by atoms with E-state index in [0.29, 0.717) is 19.6 Å². The van der Waals surface area contributed by atoms with Gasteiger partial charge in [0, 0.05) is 26.7 Å². The molecule has 1 aromatic carbocycles. The standard InChI is InChI=1S/C17H23N3O3/c1-23-15-9-14-10-19(12-16(21)20(14)11-15)17(22)18-8-7-13-5-3-2-4-6-13/h2-6,14-15H,7-12H2,1H3,(H,18,22)/t14-,15-/m0/s1. The predicted octanol–water partition coefficient (Wildman–Crippen LogP) is 0.870. The first-order chi connectivity index (χ1) is 11.2. The summed E-state index contributed by atoms with van der Waals surface area (Å²) >= 11 is 0. The van der Waals surface area contributed by atoms with Crippen molar-refractivity contribution < 1.29 is 14.3 Å². The van der Waals surface area contributed by atoms with Crippen LogP contribution in [-0.4, -0.2) is 67.2 Å². The fourth-order valence-electron chi connectivity index (χ4n) is 3.32. The number of hydrogen-bond donors (Lipinski definition) is 1. The molecule has 0 aliphatic carbocycles. The van der Waals surface area contributed by atoms with Gasteiger partial charge in [0.2, 0.25) is 5.91 Å². The van der Waals surface area contributed by atoms with E-state index in [1.165, 1.54) is 5.56 Å². The van der Waals surface area contributed by atoms with Gasteiger partial charge in [-0.25, -0.2) is 4.79 Å². The Morgan fingerprint density at radius 1 is 1.30 bits per heavy atom. The minimum atomic E-state index is -0.158. The van der Waals surface area contributed by atoms with Crippen LogP contribution in [0.1, 0.15) is 12.0 Å². The number of methoxy groups -OCH3 is 1. The zero-order valence-corrected chi connectivity index (χ0v) is 13.4. The van der Waals surface area contributed by atoms with E-state index in [-0.39, 0.29) is 30.6 Å². The molecule has 6 heteroatoms. The van der Waals surface area contributed by atoms with Gasteiger partial charge in [-0.15, -0.1) is 0 Å². The zero-order valence-electron chi connectivity index (χ0n) is 13.4. The summed E-state index contributed by atoms with van der Waals surface area (Å²) in [4.78, 5) is 27.9. The predicted molar refractivity (Wildman–Crippen MR) is 86.0 cm³/mol. The van der Waals surface area contributed by atoms with Crippen molar-refractivity contribution in [3.8, 4) is 0 Å². The first-order valence-corrected chi connectivity index (χ1v) is 8.06. The molecule has 2 aliphatic heterocycles. The molecule has 0 spiro atoms. The van der Waals surface area contributed by atoms with Crippen molar-refractivity contribution >= 4 is 11.9 Å². The monoisotopic (exact) mass is 317 g/mol. The van der Waals surface area contributed by atoms with Crippen LogP contribution in [0, 0.1) is 0 Å². The summed E-state index contributed by atoms with van der Waals surface area (Å²) in [5.41, 5.74) is 1.19. The van der Waals surface area contributed by atoms with Gasteiger partial charge in [-0.3, -0.25) is 4.79 Å². The van der Waals surface area contributed by atoms with E-state index in [2.05, 4.69) is 5.32 Å². The highest BCUT2D eigenvalue weighted by molar-refractivity contribution is 5.86. The van der Waals surface area contributed by atoms with Crippen LogP contribution in [0.3, 0.4) is 0 Å². The van der Waals surface area contributed by atoms with Crippen molar-refractivity contribution in [3.05, 3.63) is 35.9 Å². The highest BCUT2D eigenvalue weighted by Crippen LogP contribution is 2.24. The van der Waals surface area contributed by atoms with Gasteiger partial charge in [-0.05, 0) is 18.4 Å². The molecule has 124 valence electrons. The Hall–Kier alpha value is -2.08. The first kappa shape index (κ1) is 15.8. The third-order valence-corrected chi connectivity index (χ3v) is 4.61. The van der Waals surface area contributed by atoms with Gasteiger partial charge < -0.3 is 19.9 Å². The molecule has 0 radical (unpaired) electrons. The number of nitrogens with one attached hydrogen (secondary N) is 1. The smallest absolute Gasteiger partial charge is 0.317 e. The Morgan fingerprint density at radius 2 is 2.09 bits per heavy atom. The summed E-state index contributed by atoms with van der Waals surface area (Å²) < 4.78 is 5.35. The molecular weight excluding hydrogens is 294 g/mol.